The molecule has 1 aliphatic heterocycles. The molecule has 2 atom stereocenters. The zero-order chi connectivity index (χ0) is 21.5. The normalized spacial score (nSPS) is 19.4. The van der Waals surface area contributed by atoms with Crippen molar-refractivity contribution in [3.05, 3.63) is 53.2 Å². The Balaban J connectivity index is 1.68. The number of amides is 1. The lowest BCUT2D eigenvalue weighted by molar-refractivity contribution is 0.0725. The van der Waals surface area contributed by atoms with Crippen LogP contribution in [0, 0.1) is 13.8 Å². The van der Waals surface area contributed by atoms with Gasteiger partial charge in [-0.05, 0) is 20.3 Å². The summed E-state index contributed by atoms with van der Waals surface area (Å²) < 4.78 is 31.2. The molecule has 4 rings (SSSR count). The highest BCUT2D eigenvalue weighted by molar-refractivity contribution is 7.88. The van der Waals surface area contributed by atoms with Crippen molar-refractivity contribution in [1.29, 1.82) is 0 Å². The van der Waals surface area contributed by atoms with E-state index in [0.29, 0.717) is 35.1 Å². The number of carbonyl (C=O) groups excluding carboxylic acids is 1. The molecule has 1 amide bonds. The number of nitrogens with zero attached hydrogens (tertiary/aromatic N) is 4. The van der Waals surface area contributed by atoms with Crippen LogP contribution in [-0.4, -0.2) is 58.4 Å². The predicted molar refractivity (Wildman–Crippen MR) is 108 cm³/mol. The van der Waals surface area contributed by atoms with Gasteiger partial charge in [0, 0.05) is 18.2 Å². The molecule has 2 aromatic heterocycles. The molecule has 3 heterocycles. The number of aryl methyl sites for hydroxylation is 2. The molecule has 30 heavy (non-hydrogen) atoms. The van der Waals surface area contributed by atoms with Crippen molar-refractivity contribution in [3.8, 4) is 11.4 Å². The van der Waals surface area contributed by atoms with Crippen molar-refractivity contribution in [3.63, 3.8) is 0 Å². The number of hydrogen-bond acceptors (Lipinski definition) is 7. The predicted octanol–water partition coefficient (Wildman–Crippen LogP) is 1.58. The highest BCUT2D eigenvalue weighted by Crippen LogP contribution is 2.33. The van der Waals surface area contributed by atoms with E-state index in [0.717, 1.165) is 11.8 Å². The first-order valence-corrected chi connectivity index (χ1v) is 11.3. The first-order valence-electron chi connectivity index (χ1n) is 9.42. The minimum Gasteiger partial charge on any atom is -0.361 e. The molecule has 1 fully saturated rings. The van der Waals surface area contributed by atoms with E-state index < -0.39 is 22.1 Å². The van der Waals surface area contributed by atoms with Crippen LogP contribution in [0.25, 0.3) is 11.4 Å². The van der Waals surface area contributed by atoms with Crippen LogP contribution in [0.3, 0.4) is 0 Å². The van der Waals surface area contributed by atoms with E-state index in [-0.39, 0.29) is 12.5 Å². The second-order valence-corrected chi connectivity index (χ2v) is 9.19. The van der Waals surface area contributed by atoms with Gasteiger partial charge in [0.1, 0.15) is 17.1 Å². The summed E-state index contributed by atoms with van der Waals surface area (Å²) in [5, 5.41) is 11.1. The largest absolute Gasteiger partial charge is 0.361 e. The number of nitrogens with one attached hydrogen (secondary N) is 2. The van der Waals surface area contributed by atoms with Crippen molar-refractivity contribution in [1.82, 2.24) is 30.0 Å². The molecule has 0 aliphatic carbocycles. The van der Waals surface area contributed by atoms with E-state index in [4.69, 9.17) is 4.52 Å². The zero-order valence-corrected chi connectivity index (χ0v) is 17.6. The molecule has 1 aliphatic rings. The molecule has 1 saturated heterocycles. The van der Waals surface area contributed by atoms with Gasteiger partial charge in [-0.2, -0.15) is 5.10 Å². The second kappa shape index (κ2) is 7.65. The van der Waals surface area contributed by atoms with Crippen molar-refractivity contribution in [2.75, 3.05) is 12.8 Å². The monoisotopic (exact) mass is 430 g/mol. The van der Waals surface area contributed by atoms with Gasteiger partial charge in [-0.15, -0.1) is 0 Å². The maximum absolute atomic E-state index is 13.3. The summed E-state index contributed by atoms with van der Waals surface area (Å²) in [6, 6.07) is 8.54. The van der Waals surface area contributed by atoms with Crippen LogP contribution in [-0.2, 0) is 10.0 Å². The number of rotatable bonds is 5. The lowest BCUT2D eigenvalue weighted by Crippen LogP contribution is -2.38. The van der Waals surface area contributed by atoms with E-state index in [9.17, 15) is 13.2 Å². The van der Waals surface area contributed by atoms with Crippen molar-refractivity contribution in [2.24, 2.45) is 0 Å². The summed E-state index contributed by atoms with van der Waals surface area (Å²) in [7, 11) is -3.44. The van der Waals surface area contributed by atoms with E-state index >= 15 is 0 Å². The van der Waals surface area contributed by atoms with E-state index in [1.807, 2.05) is 30.3 Å². The van der Waals surface area contributed by atoms with Crippen molar-refractivity contribution in [2.45, 2.75) is 32.4 Å². The van der Waals surface area contributed by atoms with Crippen LogP contribution < -0.4 is 4.72 Å². The summed E-state index contributed by atoms with van der Waals surface area (Å²) in [5.41, 5.74) is 1.70. The minimum atomic E-state index is -3.44. The van der Waals surface area contributed by atoms with Crippen LogP contribution in [0.1, 0.15) is 40.1 Å². The number of hydrogen-bond donors (Lipinski definition) is 2. The Labute approximate surface area is 173 Å². The molecule has 0 spiro atoms. The maximum atomic E-state index is 13.3. The fourth-order valence-corrected chi connectivity index (χ4v) is 4.56. The van der Waals surface area contributed by atoms with E-state index in [1.54, 1.807) is 18.7 Å². The minimum absolute atomic E-state index is 0.196. The summed E-state index contributed by atoms with van der Waals surface area (Å²) in [6.45, 7) is 3.57. The molecule has 2 unspecified atom stereocenters. The summed E-state index contributed by atoms with van der Waals surface area (Å²) in [4.78, 5) is 19.5. The number of aromatic amines is 1. The number of sulfonamides is 1. The van der Waals surface area contributed by atoms with Crippen molar-refractivity contribution >= 4 is 15.9 Å². The summed E-state index contributed by atoms with van der Waals surface area (Å²) in [6.07, 6.45) is 1.47. The summed E-state index contributed by atoms with van der Waals surface area (Å²) >= 11 is 0. The van der Waals surface area contributed by atoms with Crippen LogP contribution in [0.5, 0.6) is 0 Å². The molecule has 10 nitrogen and oxygen atoms in total. The average Bonchev–Trinajstić information content (AvgIpc) is 3.40. The highest BCUT2D eigenvalue weighted by Gasteiger charge is 2.41. The Kier molecular flexibility index (Phi) is 5.16. The Morgan fingerprint density at radius 2 is 2.00 bits per heavy atom. The highest BCUT2D eigenvalue weighted by atomic mass is 32.2. The van der Waals surface area contributed by atoms with Crippen LogP contribution in [0.15, 0.2) is 34.9 Å². The Morgan fingerprint density at radius 3 is 2.63 bits per heavy atom. The first-order chi connectivity index (χ1) is 14.2. The molecule has 0 bridgehead atoms. The third kappa shape index (κ3) is 3.98. The van der Waals surface area contributed by atoms with Gasteiger partial charge >= 0.3 is 0 Å². The van der Waals surface area contributed by atoms with Gasteiger partial charge in [0.25, 0.3) is 5.91 Å². The Bertz CT molecular complexity index is 1150. The molecular formula is C19H22N6O4S. The lowest BCUT2D eigenvalue weighted by atomic mass is 10.1. The molecule has 0 saturated carbocycles. The Morgan fingerprint density at radius 1 is 1.27 bits per heavy atom. The molecule has 11 heteroatoms. The molecule has 1 aromatic carbocycles. The Hall–Kier alpha value is -3.05. The molecule has 0 radical (unpaired) electrons. The molecule has 2 N–H and O–H groups in total. The number of H-pyrrole nitrogens is 1. The fraction of sp³-hybridized carbons (Fsp3) is 0.368. The quantitative estimate of drug-likeness (QED) is 0.627. The van der Waals surface area contributed by atoms with Crippen LogP contribution >= 0.6 is 0 Å². The van der Waals surface area contributed by atoms with E-state index in [1.165, 1.54) is 0 Å². The molecule has 3 aromatic rings. The van der Waals surface area contributed by atoms with Gasteiger partial charge in [-0.25, -0.2) is 18.1 Å². The maximum Gasteiger partial charge on any atom is 0.260 e. The fourth-order valence-electron chi connectivity index (χ4n) is 3.78. The van der Waals surface area contributed by atoms with E-state index in [2.05, 4.69) is 25.1 Å². The third-order valence-electron chi connectivity index (χ3n) is 5.04. The second-order valence-electron chi connectivity index (χ2n) is 7.41. The number of likely N-dealkylation sites (tertiary alicyclic amines) is 1. The average molecular weight is 430 g/mol. The van der Waals surface area contributed by atoms with Crippen LogP contribution in [0.4, 0.5) is 0 Å². The number of benzene rings is 1. The molecule has 158 valence electrons. The lowest BCUT2D eigenvalue weighted by Gasteiger charge is -2.22. The zero-order valence-electron chi connectivity index (χ0n) is 16.8. The van der Waals surface area contributed by atoms with Gasteiger partial charge in [0.2, 0.25) is 10.0 Å². The summed E-state index contributed by atoms with van der Waals surface area (Å²) in [5.74, 6) is 1.13. The van der Waals surface area contributed by atoms with Gasteiger partial charge < -0.3 is 9.42 Å². The number of aromatic nitrogens is 4. The first kappa shape index (κ1) is 20.2. The third-order valence-corrected chi connectivity index (χ3v) is 5.80. The number of carbonyl (C=O) groups is 1. The van der Waals surface area contributed by atoms with Gasteiger partial charge in [0.05, 0.1) is 18.0 Å². The van der Waals surface area contributed by atoms with Gasteiger partial charge in [-0.3, -0.25) is 9.89 Å². The molecular weight excluding hydrogens is 408 g/mol. The topological polar surface area (TPSA) is 134 Å². The van der Waals surface area contributed by atoms with Gasteiger partial charge in [0.15, 0.2) is 5.82 Å². The van der Waals surface area contributed by atoms with Crippen LogP contribution in [0.2, 0.25) is 0 Å². The standard InChI is InChI=1S/C19H22N6O4S/c1-11-16(12(2)29-23-11)19(26)25-10-14(24-30(3,27)28)9-15(25)18-20-17(21-22-18)13-7-5-4-6-8-13/h4-8,14-15,24H,9-10H2,1-3H3,(H,20,21,22). The SMILES string of the molecule is Cc1noc(C)c1C(=O)N1CC(NS(C)(=O)=O)CC1c1nc(-c2ccccc2)n[nH]1. The van der Waals surface area contributed by atoms with Gasteiger partial charge in [-0.1, -0.05) is 35.5 Å². The van der Waals surface area contributed by atoms with Crippen molar-refractivity contribution < 1.29 is 17.7 Å². The smallest absolute Gasteiger partial charge is 0.260 e.